The maximum absolute atomic E-state index is 12.4. The van der Waals surface area contributed by atoms with E-state index in [-0.39, 0.29) is 24.0 Å². The molecule has 0 bridgehead atoms. The predicted octanol–water partition coefficient (Wildman–Crippen LogP) is 3.45. The molecule has 2 aromatic heterocycles. The number of fused-ring (bicyclic) bond motifs is 1. The first kappa shape index (κ1) is 20.9. The molecule has 1 aromatic carbocycles. The number of carbonyl (C=O) groups is 1. The number of rotatable bonds is 2. The fourth-order valence-electron chi connectivity index (χ4n) is 3.38. The summed E-state index contributed by atoms with van der Waals surface area (Å²) in [7, 11) is 0. The summed E-state index contributed by atoms with van der Waals surface area (Å²) in [5.41, 5.74) is 2.66. The minimum Gasteiger partial charge on any atom is -0.352 e. The second-order valence-corrected chi connectivity index (χ2v) is 8.13. The van der Waals surface area contributed by atoms with Gasteiger partial charge in [0, 0.05) is 37.3 Å². The normalized spacial score (nSPS) is 14.6. The van der Waals surface area contributed by atoms with Gasteiger partial charge in [-0.05, 0) is 32.9 Å². The second-order valence-electron chi connectivity index (χ2n) is 8.13. The lowest BCUT2D eigenvalue weighted by molar-refractivity contribution is 0.185. The topological polar surface area (TPSA) is 65.8 Å². The van der Waals surface area contributed by atoms with Crippen molar-refractivity contribution in [3.63, 3.8) is 0 Å². The molecule has 1 N–H and O–H groups in total. The van der Waals surface area contributed by atoms with Crippen LogP contribution in [0.5, 0.6) is 0 Å². The minimum absolute atomic E-state index is 0. The molecule has 8 heteroatoms. The predicted molar refractivity (Wildman–Crippen MR) is 118 cm³/mol. The van der Waals surface area contributed by atoms with Crippen molar-refractivity contribution in [3.8, 4) is 11.3 Å². The number of anilines is 1. The number of benzene rings is 1. The van der Waals surface area contributed by atoms with Gasteiger partial charge in [-0.25, -0.2) is 14.3 Å². The quantitative estimate of drug-likeness (QED) is 0.697. The van der Waals surface area contributed by atoms with Crippen molar-refractivity contribution in [2.75, 3.05) is 31.1 Å². The van der Waals surface area contributed by atoms with Gasteiger partial charge < -0.3 is 15.1 Å². The molecule has 0 unspecified atom stereocenters. The number of hydrogen-bond donors (Lipinski definition) is 1. The van der Waals surface area contributed by atoms with Crippen LogP contribution in [0.1, 0.15) is 20.8 Å². The zero-order chi connectivity index (χ0) is 19.7. The van der Waals surface area contributed by atoms with Crippen LogP contribution in [0.2, 0.25) is 0 Å². The number of halogens is 1. The van der Waals surface area contributed by atoms with E-state index in [1.165, 1.54) is 0 Å². The van der Waals surface area contributed by atoms with E-state index in [1.807, 2.05) is 66.7 Å². The minimum atomic E-state index is -0.226. The zero-order valence-electron chi connectivity index (χ0n) is 17.0. The number of hydrogen-bond acceptors (Lipinski definition) is 4. The van der Waals surface area contributed by atoms with Crippen LogP contribution < -0.4 is 10.2 Å². The summed E-state index contributed by atoms with van der Waals surface area (Å²) in [6.07, 6.45) is 1.86. The summed E-state index contributed by atoms with van der Waals surface area (Å²) < 4.78 is 1.89. The van der Waals surface area contributed by atoms with Crippen LogP contribution in [0, 0.1) is 0 Å². The van der Waals surface area contributed by atoms with E-state index >= 15 is 0 Å². The summed E-state index contributed by atoms with van der Waals surface area (Å²) >= 11 is 0. The van der Waals surface area contributed by atoms with Crippen LogP contribution >= 0.6 is 12.4 Å². The Morgan fingerprint density at radius 1 is 1.00 bits per heavy atom. The molecule has 3 heterocycles. The highest BCUT2D eigenvalue weighted by atomic mass is 35.5. The summed E-state index contributed by atoms with van der Waals surface area (Å²) in [5, 5.41) is 7.86. The van der Waals surface area contributed by atoms with Crippen molar-refractivity contribution in [2.24, 2.45) is 0 Å². The van der Waals surface area contributed by atoms with Crippen molar-refractivity contribution >= 4 is 29.9 Å². The Labute approximate surface area is 177 Å². The number of aromatic nitrogens is 3. The SMILES string of the molecule is CC(C)(C)NC(=O)N1CCN(c2ccc3ncc(-c4ccccc4)n3n2)CC1.Cl. The molecule has 1 saturated heterocycles. The van der Waals surface area contributed by atoms with Crippen molar-refractivity contribution in [2.45, 2.75) is 26.3 Å². The number of amides is 2. The van der Waals surface area contributed by atoms with Crippen molar-refractivity contribution < 1.29 is 4.79 Å². The number of carbonyl (C=O) groups excluding carboxylic acids is 1. The van der Waals surface area contributed by atoms with E-state index in [9.17, 15) is 4.79 Å². The summed E-state index contributed by atoms with van der Waals surface area (Å²) in [4.78, 5) is 20.9. The Bertz CT molecular complexity index is 974. The van der Waals surface area contributed by atoms with E-state index in [0.29, 0.717) is 13.1 Å². The average Bonchev–Trinajstić information content (AvgIpc) is 3.11. The molecule has 3 aromatic rings. The molecule has 7 nitrogen and oxygen atoms in total. The first-order valence-electron chi connectivity index (χ1n) is 9.63. The van der Waals surface area contributed by atoms with Crippen LogP contribution in [0.15, 0.2) is 48.7 Å². The number of nitrogens with zero attached hydrogens (tertiary/aromatic N) is 5. The van der Waals surface area contributed by atoms with Gasteiger partial charge in [-0.3, -0.25) is 0 Å². The lowest BCUT2D eigenvalue weighted by Crippen LogP contribution is -2.55. The van der Waals surface area contributed by atoms with Crippen LogP contribution in [0.25, 0.3) is 16.9 Å². The van der Waals surface area contributed by atoms with Crippen LogP contribution in [-0.2, 0) is 0 Å². The molecule has 0 saturated carbocycles. The molecule has 2 amide bonds. The Morgan fingerprint density at radius 3 is 2.34 bits per heavy atom. The molecule has 1 fully saturated rings. The van der Waals surface area contributed by atoms with Crippen LogP contribution in [0.3, 0.4) is 0 Å². The molecule has 0 aliphatic carbocycles. The van der Waals surface area contributed by atoms with Crippen molar-refractivity contribution in [1.82, 2.24) is 24.8 Å². The first-order valence-corrected chi connectivity index (χ1v) is 9.63. The molecule has 0 spiro atoms. The lowest BCUT2D eigenvalue weighted by Gasteiger charge is -2.36. The van der Waals surface area contributed by atoms with E-state index < -0.39 is 0 Å². The molecule has 1 aliphatic heterocycles. The van der Waals surface area contributed by atoms with Gasteiger partial charge in [0.05, 0.1) is 11.9 Å². The van der Waals surface area contributed by atoms with Gasteiger partial charge in [-0.1, -0.05) is 30.3 Å². The van der Waals surface area contributed by atoms with Gasteiger partial charge in [0.15, 0.2) is 5.65 Å². The van der Waals surface area contributed by atoms with Gasteiger partial charge in [0.2, 0.25) is 0 Å². The van der Waals surface area contributed by atoms with E-state index in [1.54, 1.807) is 0 Å². The maximum atomic E-state index is 12.4. The Morgan fingerprint density at radius 2 is 1.69 bits per heavy atom. The molecule has 29 heavy (non-hydrogen) atoms. The van der Waals surface area contributed by atoms with E-state index in [2.05, 4.69) is 27.3 Å². The van der Waals surface area contributed by atoms with Crippen LogP contribution in [0.4, 0.5) is 10.6 Å². The fourth-order valence-corrected chi connectivity index (χ4v) is 3.38. The Hall–Kier alpha value is -2.80. The van der Waals surface area contributed by atoms with Gasteiger partial charge in [-0.2, -0.15) is 0 Å². The van der Waals surface area contributed by atoms with Gasteiger partial charge in [0.1, 0.15) is 5.82 Å². The molecule has 4 rings (SSSR count). The molecule has 1 aliphatic rings. The zero-order valence-corrected chi connectivity index (χ0v) is 17.8. The summed E-state index contributed by atoms with van der Waals surface area (Å²) in [5.74, 6) is 0.901. The van der Waals surface area contributed by atoms with E-state index in [4.69, 9.17) is 5.10 Å². The molecular weight excluding hydrogens is 388 g/mol. The number of piperazine rings is 1. The second kappa shape index (κ2) is 8.29. The monoisotopic (exact) mass is 414 g/mol. The van der Waals surface area contributed by atoms with Gasteiger partial charge in [0.25, 0.3) is 0 Å². The van der Waals surface area contributed by atoms with Gasteiger partial charge in [-0.15, -0.1) is 17.5 Å². The Balaban J connectivity index is 0.00000240. The van der Waals surface area contributed by atoms with Crippen molar-refractivity contribution in [1.29, 1.82) is 0 Å². The molecule has 0 atom stereocenters. The third-order valence-electron chi connectivity index (χ3n) is 4.79. The maximum Gasteiger partial charge on any atom is 0.317 e. The number of nitrogens with one attached hydrogen (secondary N) is 1. The highest BCUT2D eigenvalue weighted by Gasteiger charge is 2.25. The third kappa shape index (κ3) is 4.62. The molecule has 154 valence electrons. The van der Waals surface area contributed by atoms with Crippen LogP contribution in [-0.4, -0.2) is 57.2 Å². The number of urea groups is 1. The molecule has 0 radical (unpaired) electrons. The summed E-state index contributed by atoms with van der Waals surface area (Å²) in [6, 6.07) is 14.1. The lowest BCUT2D eigenvalue weighted by atomic mass is 10.1. The van der Waals surface area contributed by atoms with E-state index in [0.717, 1.165) is 35.8 Å². The molecular formula is C21H27ClN6O. The fraction of sp³-hybridized carbons (Fsp3) is 0.381. The third-order valence-corrected chi connectivity index (χ3v) is 4.79. The number of imidazole rings is 1. The standard InChI is InChI=1S/C21H26N6O.ClH/c1-21(2,3)23-20(28)26-13-11-25(12-14-26)19-10-9-18-22-15-17(27(18)24-19)16-7-5-4-6-8-16;/h4-10,15H,11-14H2,1-3H3,(H,23,28);1H. The highest BCUT2D eigenvalue weighted by molar-refractivity contribution is 5.85. The average molecular weight is 415 g/mol. The van der Waals surface area contributed by atoms with Gasteiger partial charge >= 0.3 is 6.03 Å². The highest BCUT2D eigenvalue weighted by Crippen LogP contribution is 2.22. The largest absolute Gasteiger partial charge is 0.352 e. The smallest absolute Gasteiger partial charge is 0.317 e. The summed E-state index contributed by atoms with van der Waals surface area (Å²) in [6.45, 7) is 8.85. The Kier molecular flexibility index (Phi) is 5.98. The first-order chi connectivity index (χ1) is 13.4. The van der Waals surface area contributed by atoms with Crippen molar-refractivity contribution in [3.05, 3.63) is 48.7 Å².